The van der Waals surface area contributed by atoms with Crippen LogP contribution >= 0.6 is 43.5 Å². The van der Waals surface area contributed by atoms with Gasteiger partial charge in [0, 0.05) is 21.8 Å². The first-order valence-electron chi connectivity index (χ1n) is 6.35. The predicted molar refractivity (Wildman–Crippen MR) is 96.3 cm³/mol. The minimum Gasteiger partial charge on any atom is -0.494 e. The van der Waals surface area contributed by atoms with Crippen LogP contribution in [0.3, 0.4) is 0 Å². The fraction of sp³-hybridized carbons (Fsp3) is 0.0625. The molecule has 1 heterocycles. The van der Waals surface area contributed by atoms with Crippen molar-refractivity contribution in [3.63, 3.8) is 0 Å². The summed E-state index contributed by atoms with van der Waals surface area (Å²) in [4.78, 5) is 12.2. The first kappa shape index (κ1) is 15.6. The molecule has 2 aromatic carbocycles. The highest BCUT2D eigenvalue weighted by Gasteiger charge is 2.24. The Labute approximate surface area is 149 Å². The van der Waals surface area contributed by atoms with E-state index in [1.54, 1.807) is 25.3 Å². The maximum absolute atomic E-state index is 12.2. The Balaban J connectivity index is 2.10. The van der Waals surface area contributed by atoms with Gasteiger partial charge in [-0.3, -0.25) is 4.79 Å². The maximum atomic E-state index is 12.2. The lowest BCUT2D eigenvalue weighted by atomic mass is 10.0. The number of hydrogen-bond donors (Lipinski definition) is 1. The number of rotatable bonds is 2. The van der Waals surface area contributed by atoms with E-state index in [0.29, 0.717) is 16.3 Å². The van der Waals surface area contributed by atoms with Crippen LogP contribution in [-0.4, -0.2) is 13.0 Å². The summed E-state index contributed by atoms with van der Waals surface area (Å²) in [5, 5.41) is 3.43. The molecule has 0 unspecified atom stereocenters. The summed E-state index contributed by atoms with van der Waals surface area (Å²) in [7, 11) is 1.60. The van der Waals surface area contributed by atoms with Gasteiger partial charge in [0.1, 0.15) is 5.75 Å². The fourth-order valence-corrected chi connectivity index (χ4v) is 4.05. The average molecular weight is 444 g/mol. The number of ether oxygens (including phenoxy) is 1. The third-order valence-corrected chi connectivity index (χ3v) is 4.71. The van der Waals surface area contributed by atoms with E-state index >= 15 is 0 Å². The van der Waals surface area contributed by atoms with E-state index in [4.69, 9.17) is 16.3 Å². The minimum atomic E-state index is -0.139. The Kier molecular flexibility index (Phi) is 4.30. The molecule has 0 aromatic heterocycles. The van der Waals surface area contributed by atoms with E-state index in [1.807, 2.05) is 18.2 Å². The molecule has 112 valence electrons. The molecule has 1 amide bonds. The molecular weight excluding hydrogens is 433 g/mol. The van der Waals surface area contributed by atoms with Crippen LogP contribution in [0, 0.1) is 0 Å². The van der Waals surface area contributed by atoms with Gasteiger partial charge in [-0.1, -0.05) is 11.6 Å². The molecule has 0 saturated heterocycles. The second kappa shape index (κ2) is 6.07. The number of methoxy groups -OCH3 is 1. The Hall–Kier alpha value is -1.30. The highest BCUT2D eigenvalue weighted by molar-refractivity contribution is 9.11. The van der Waals surface area contributed by atoms with Crippen LogP contribution in [0.1, 0.15) is 11.1 Å². The Morgan fingerprint density at radius 3 is 2.50 bits per heavy atom. The molecule has 1 aliphatic rings. The molecule has 6 heteroatoms. The minimum absolute atomic E-state index is 0.139. The maximum Gasteiger partial charge on any atom is 0.256 e. The van der Waals surface area contributed by atoms with Crippen molar-refractivity contribution in [2.24, 2.45) is 0 Å². The molecule has 22 heavy (non-hydrogen) atoms. The molecule has 0 saturated carbocycles. The molecule has 0 aliphatic carbocycles. The van der Waals surface area contributed by atoms with Gasteiger partial charge >= 0.3 is 0 Å². The van der Waals surface area contributed by atoms with E-state index < -0.39 is 0 Å². The molecule has 0 spiro atoms. The molecular formula is C16H10Br2ClNO2. The summed E-state index contributed by atoms with van der Waals surface area (Å²) in [5.74, 6) is 0.571. The van der Waals surface area contributed by atoms with Crippen molar-refractivity contribution >= 4 is 66.7 Å². The topological polar surface area (TPSA) is 38.3 Å². The molecule has 0 bridgehead atoms. The van der Waals surface area contributed by atoms with Crippen LogP contribution in [0.4, 0.5) is 5.69 Å². The van der Waals surface area contributed by atoms with Gasteiger partial charge in [-0.15, -0.1) is 0 Å². The summed E-state index contributed by atoms with van der Waals surface area (Å²) in [6.07, 6.45) is 1.83. The molecule has 3 nitrogen and oxygen atoms in total. The number of fused-ring (bicyclic) bond motifs is 1. The summed E-state index contributed by atoms with van der Waals surface area (Å²) in [6, 6.07) is 9.13. The van der Waals surface area contributed by atoms with E-state index in [-0.39, 0.29) is 5.91 Å². The second-order valence-electron chi connectivity index (χ2n) is 4.72. The van der Waals surface area contributed by atoms with Gasteiger partial charge in [0.15, 0.2) is 0 Å². The zero-order valence-corrected chi connectivity index (χ0v) is 15.3. The predicted octanol–water partition coefficient (Wildman–Crippen LogP) is 5.37. The number of carbonyl (C=O) groups is 1. The number of hydrogen-bond acceptors (Lipinski definition) is 2. The SMILES string of the molecule is COc1c(Br)cc(/C=C2/C(=O)Nc3ccc(Cl)cc32)cc1Br. The summed E-state index contributed by atoms with van der Waals surface area (Å²) in [5.41, 5.74) is 3.03. The van der Waals surface area contributed by atoms with Gasteiger partial charge in [0.05, 0.1) is 16.1 Å². The first-order chi connectivity index (χ1) is 10.5. The summed E-state index contributed by atoms with van der Waals surface area (Å²) < 4.78 is 6.90. The van der Waals surface area contributed by atoms with Crippen LogP contribution in [0.5, 0.6) is 5.75 Å². The third-order valence-electron chi connectivity index (χ3n) is 3.30. The zero-order valence-electron chi connectivity index (χ0n) is 11.4. The standard InChI is InChI=1S/C16H10Br2ClNO2/c1-22-15-12(17)5-8(6-13(15)18)4-11-10-7-9(19)2-3-14(10)20-16(11)21/h2-7H,1H3,(H,20,21)/b11-4+. The number of amides is 1. The van der Waals surface area contributed by atoms with Crippen molar-refractivity contribution in [1.82, 2.24) is 0 Å². The van der Waals surface area contributed by atoms with Crippen molar-refractivity contribution < 1.29 is 9.53 Å². The molecule has 1 N–H and O–H groups in total. The number of nitrogens with one attached hydrogen (secondary N) is 1. The Morgan fingerprint density at radius 1 is 1.18 bits per heavy atom. The van der Waals surface area contributed by atoms with Crippen LogP contribution in [0.25, 0.3) is 11.6 Å². The normalized spacial score (nSPS) is 14.9. The van der Waals surface area contributed by atoms with Crippen molar-refractivity contribution in [2.75, 3.05) is 12.4 Å². The summed E-state index contributed by atoms with van der Waals surface area (Å²) >= 11 is 13.0. The molecule has 1 aliphatic heterocycles. The highest BCUT2D eigenvalue weighted by Crippen LogP contribution is 2.38. The van der Waals surface area contributed by atoms with Gasteiger partial charge in [-0.05, 0) is 73.8 Å². The number of halogens is 3. The first-order valence-corrected chi connectivity index (χ1v) is 8.32. The van der Waals surface area contributed by atoms with E-state index in [1.165, 1.54) is 0 Å². The van der Waals surface area contributed by atoms with E-state index in [0.717, 1.165) is 25.8 Å². The van der Waals surface area contributed by atoms with Crippen LogP contribution in [0.15, 0.2) is 39.3 Å². The van der Waals surface area contributed by atoms with Crippen molar-refractivity contribution in [3.05, 3.63) is 55.4 Å². The largest absolute Gasteiger partial charge is 0.494 e. The van der Waals surface area contributed by atoms with Gasteiger partial charge in [-0.25, -0.2) is 0 Å². The smallest absolute Gasteiger partial charge is 0.256 e. The highest BCUT2D eigenvalue weighted by atomic mass is 79.9. The lowest BCUT2D eigenvalue weighted by Gasteiger charge is -2.07. The van der Waals surface area contributed by atoms with Gasteiger partial charge in [-0.2, -0.15) is 0 Å². The van der Waals surface area contributed by atoms with Gasteiger partial charge in [0.25, 0.3) is 5.91 Å². The molecule has 3 rings (SSSR count). The van der Waals surface area contributed by atoms with Crippen molar-refractivity contribution in [2.45, 2.75) is 0 Å². The average Bonchev–Trinajstić information content (AvgIpc) is 2.75. The van der Waals surface area contributed by atoms with Crippen LogP contribution in [-0.2, 0) is 4.79 Å². The molecule has 0 atom stereocenters. The number of benzene rings is 2. The molecule has 0 radical (unpaired) electrons. The third kappa shape index (κ3) is 2.81. The van der Waals surface area contributed by atoms with E-state index in [9.17, 15) is 4.79 Å². The van der Waals surface area contributed by atoms with Crippen molar-refractivity contribution in [3.8, 4) is 5.75 Å². The molecule has 2 aromatic rings. The Morgan fingerprint density at radius 2 is 1.86 bits per heavy atom. The van der Waals surface area contributed by atoms with Gasteiger partial charge < -0.3 is 10.1 Å². The fourth-order valence-electron chi connectivity index (χ4n) is 2.33. The Bertz CT molecular complexity index is 795. The molecule has 0 fully saturated rings. The quantitative estimate of drug-likeness (QED) is 0.634. The van der Waals surface area contributed by atoms with Gasteiger partial charge in [0.2, 0.25) is 0 Å². The second-order valence-corrected chi connectivity index (χ2v) is 6.86. The monoisotopic (exact) mass is 441 g/mol. The van der Waals surface area contributed by atoms with Crippen molar-refractivity contribution in [1.29, 1.82) is 0 Å². The van der Waals surface area contributed by atoms with Crippen LogP contribution < -0.4 is 10.1 Å². The number of carbonyl (C=O) groups excluding carboxylic acids is 1. The lowest BCUT2D eigenvalue weighted by Crippen LogP contribution is -2.03. The van der Waals surface area contributed by atoms with Crippen LogP contribution in [0.2, 0.25) is 5.02 Å². The summed E-state index contributed by atoms with van der Waals surface area (Å²) in [6.45, 7) is 0. The van der Waals surface area contributed by atoms with E-state index in [2.05, 4.69) is 37.2 Å². The lowest BCUT2D eigenvalue weighted by molar-refractivity contribution is -0.110. The zero-order chi connectivity index (χ0) is 15.9. The number of anilines is 1.